The summed E-state index contributed by atoms with van der Waals surface area (Å²) in [6.07, 6.45) is 10.3. The quantitative estimate of drug-likeness (QED) is 0.137. The Balaban J connectivity index is 1.04. The summed E-state index contributed by atoms with van der Waals surface area (Å²) in [5.41, 5.74) is -2.76. The van der Waals surface area contributed by atoms with Crippen LogP contribution >= 0.6 is 0 Å². The molecule has 0 bridgehead atoms. The number of furan rings is 1. The van der Waals surface area contributed by atoms with Gasteiger partial charge in [-0.15, -0.1) is 0 Å². The number of aryl methyl sites for hydroxylation is 1. The third kappa shape index (κ3) is 5.51. The Morgan fingerprint density at radius 2 is 1.76 bits per heavy atom. The lowest BCUT2D eigenvalue weighted by Crippen LogP contribution is -2.79. The number of carbonyl (C=O) groups excluding carboxylic acids is 3. The minimum absolute atomic E-state index is 0.0565. The number of Topliss-reactive ketones (excluding diaryl/α,β-unsaturated/α-hetero) is 1. The van der Waals surface area contributed by atoms with Gasteiger partial charge in [0.05, 0.1) is 30.3 Å². The van der Waals surface area contributed by atoms with Crippen molar-refractivity contribution in [2.24, 2.45) is 39.9 Å². The summed E-state index contributed by atoms with van der Waals surface area (Å²) in [7, 11) is 0. The number of carbonyl (C=O) groups is 3. The van der Waals surface area contributed by atoms with Gasteiger partial charge in [0.15, 0.2) is 11.9 Å². The van der Waals surface area contributed by atoms with Crippen molar-refractivity contribution >= 4 is 17.7 Å². The van der Waals surface area contributed by atoms with Crippen LogP contribution in [0.2, 0.25) is 0 Å². The van der Waals surface area contributed by atoms with Crippen LogP contribution < -0.4 is 10.6 Å². The van der Waals surface area contributed by atoms with Gasteiger partial charge in [-0.2, -0.15) is 0 Å². The average Bonchev–Trinajstić information content (AvgIpc) is 3.45. The van der Waals surface area contributed by atoms with Crippen molar-refractivity contribution in [2.45, 2.75) is 152 Å². The van der Waals surface area contributed by atoms with Gasteiger partial charge in [-0.1, -0.05) is 69.4 Å². The van der Waals surface area contributed by atoms with Crippen LogP contribution in [0, 0.1) is 39.9 Å². The number of aliphatic hydroxyl groups excluding tert-OH is 1. The molecule has 2 spiro atoms. The Kier molecular flexibility index (Phi) is 9.60. The Bertz CT molecular complexity index is 1910. The van der Waals surface area contributed by atoms with Crippen molar-refractivity contribution in [2.75, 3.05) is 19.8 Å². The van der Waals surface area contributed by atoms with Crippen molar-refractivity contribution in [3.63, 3.8) is 0 Å². The molecule has 10 rings (SSSR count). The van der Waals surface area contributed by atoms with E-state index in [0.717, 1.165) is 82.3 Å². The number of fused-ring (bicyclic) bond motifs is 1. The van der Waals surface area contributed by atoms with E-state index in [-0.39, 0.29) is 36.6 Å². The number of esters is 2. The average molecular weight is 799 g/mol. The number of unbranched alkanes of at least 4 members (excludes halogenated alkanes) is 3. The van der Waals surface area contributed by atoms with E-state index in [0.29, 0.717) is 24.8 Å². The van der Waals surface area contributed by atoms with E-state index < -0.39 is 63.8 Å². The molecular formula is C47H62N2O9. The second-order valence-corrected chi connectivity index (χ2v) is 20.1. The zero-order valence-corrected chi connectivity index (χ0v) is 34.5. The zero-order chi connectivity index (χ0) is 40.1. The molecule has 0 amide bonds. The van der Waals surface area contributed by atoms with Crippen LogP contribution in [0.4, 0.5) is 0 Å². The lowest BCUT2D eigenvalue weighted by molar-refractivity contribution is -0.276. The highest BCUT2D eigenvalue weighted by Gasteiger charge is 2.92. The minimum Gasteiger partial charge on any atom is -0.469 e. The molecule has 11 heteroatoms. The summed E-state index contributed by atoms with van der Waals surface area (Å²) in [6, 6.07) is 13.1. The molecule has 5 aliphatic heterocycles. The highest BCUT2D eigenvalue weighted by Crippen LogP contribution is 2.82. The fourth-order valence-corrected chi connectivity index (χ4v) is 14.9. The summed E-state index contributed by atoms with van der Waals surface area (Å²) in [6.45, 7) is 8.02. The number of hydrogen-bond donors (Lipinski definition) is 3. The van der Waals surface area contributed by atoms with Gasteiger partial charge in [0, 0.05) is 47.5 Å². The first kappa shape index (κ1) is 39.1. The standard InChI is InChI=1S/C47H62N2O9/c1-43(2)38-37(51)39(52)46(30-15-11-14-29(23-30)22-28-12-7-6-8-13-28)34(45(38)26-55-36(50)24-35(45)57-43)18-20-44(3)40(56-42(53)41-47(44,46)58-41)32-19-21-54-33(32)17-10-5-4-9-16-31-25-48-27-49-31/h6-8,12-13,19,21,29-31,34-35,38-41,48-49,52H,4-5,9-11,14-18,20,22-27H2,1-3H3/t29-,30-,31+,34+,35-,38+,39+,40-,41+,44-,45-,46-,47+/m0/s1. The van der Waals surface area contributed by atoms with Gasteiger partial charge in [-0.05, 0) is 88.2 Å². The van der Waals surface area contributed by atoms with Crippen LogP contribution in [0.25, 0.3) is 0 Å². The summed E-state index contributed by atoms with van der Waals surface area (Å²) in [4.78, 5) is 42.9. The van der Waals surface area contributed by atoms with Crippen LogP contribution in [0.15, 0.2) is 47.1 Å². The predicted octanol–water partition coefficient (Wildman–Crippen LogP) is 6.15. The molecule has 13 atom stereocenters. The molecule has 0 radical (unpaired) electrons. The summed E-state index contributed by atoms with van der Waals surface area (Å²) >= 11 is 0. The second kappa shape index (κ2) is 14.3. The smallest absolute Gasteiger partial charge is 0.339 e. The number of benzene rings is 1. The van der Waals surface area contributed by atoms with Crippen LogP contribution in [-0.4, -0.2) is 78.2 Å². The molecule has 58 heavy (non-hydrogen) atoms. The van der Waals surface area contributed by atoms with Gasteiger partial charge in [-0.3, -0.25) is 9.59 Å². The SMILES string of the molecule is CC1(C)O[C@H]2CC(=O)OC[C@@]23[C@@H]1C(=O)[C@@H](O)[C@]1([C@H]2CCC[C@@H](Cc4ccccc4)C2)[C@@H]3CC[C@@]2(C)[C@H](c3ccoc3CCCCCC[C@@H]3CNCN3)OC(=O)[C@H]3O[C@@]312. The number of ether oxygens (including phenoxy) is 4. The lowest BCUT2D eigenvalue weighted by atomic mass is 9.32. The molecule has 5 saturated heterocycles. The minimum atomic E-state index is -1.40. The Morgan fingerprint density at radius 1 is 0.931 bits per heavy atom. The number of hydrogen-bond acceptors (Lipinski definition) is 11. The van der Waals surface area contributed by atoms with Gasteiger partial charge in [0.25, 0.3) is 0 Å². The van der Waals surface area contributed by atoms with Crippen molar-refractivity contribution in [3.8, 4) is 0 Å². The van der Waals surface area contributed by atoms with Crippen molar-refractivity contribution < 1.29 is 42.9 Å². The number of nitrogens with one attached hydrogen (secondary N) is 2. The van der Waals surface area contributed by atoms with E-state index in [2.05, 4.69) is 41.8 Å². The maximum atomic E-state index is 15.4. The lowest BCUT2D eigenvalue weighted by Gasteiger charge is -2.70. The molecule has 3 N–H and O–H groups in total. The molecule has 8 fully saturated rings. The first-order valence-electron chi connectivity index (χ1n) is 22.4. The maximum absolute atomic E-state index is 15.4. The largest absolute Gasteiger partial charge is 0.469 e. The van der Waals surface area contributed by atoms with E-state index in [1.54, 1.807) is 6.26 Å². The first-order valence-corrected chi connectivity index (χ1v) is 22.4. The Labute approximate surface area is 342 Å². The number of rotatable bonds is 11. The summed E-state index contributed by atoms with van der Waals surface area (Å²) < 4.78 is 32.6. The first-order chi connectivity index (χ1) is 28.0. The summed E-state index contributed by atoms with van der Waals surface area (Å²) in [5, 5.41) is 20.1. The van der Waals surface area contributed by atoms with Gasteiger partial charge in [-0.25, -0.2) is 4.79 Å². The molecule has 3 aliphatic carbocycles. The van der Waals surface area contributed by atoms with Crippen LogP contribution in [-0.2, 0) is 46.2 Å². The summed E-state index contributed by atoms with van der Waals surface area (Å²) in [5.74, 6) is -0.984. The number of aliphatic hydroxyl groups is 1. The maximum Gasteiger partial charge on any atom is 0.339 e. The molecule has 314 valence electrons. The molecule has 11 nitrogen and oxygen atoms in total. The molecule has 8 aliphatic rings. The van der Waals surface area contributed by atoms with Crippen LogP contribution in [0.1, 0.15) is 121 Å². The number of ketones is 1. The number of cyclic esters (lactones) is 2. The fourth-order valence-electron chi connectivity index (χ4n) is 14.9. The molecule has 0 unspecified atom stereocenters. The van der Waals surface area contributed by atoms with Gasteiger partial charge in [0.1, 0.15) is 30.2 Å². The molecular weight excluding hydrogens is 737 g/mol. The molecule has 2 aromatic rings. The zero-order valence-electron chi connectivity index (χ0n) is 34.5. The van der Waals surface area contributed by atoms with Gasteiger partial charge in [0.2, 0.25) is 0 Å². The van der Waals surface area contributed by atoms with E-state index in [1.165, 1.54) is 18.4 Å². The Hall–Kier alpha value is -3.09. The third-order valence-corrected chi connectivity index (χ3v) is 16.9. The monoisotopic (exact) mass is 798 g/mol. The molecule has 1 aromatic heterocycles. The highest BCUT2D eigenvalue weighted by molar-refractivity contribution is 5.92. The van der Waals surface area contributed by atoms with Gasteiger partial charge < -0.3 is 39.1 Å². The van der Waals surface area contributed by atoms with Gasteiger partial charge >= 0.3 is 11.9 Å². The molecule has 1 aromatic carbocycles. The third-order valence-electron chi connectivity index (χ3n) is 16.9. The number of epoxide rings is 1. The van der Waals surface area contributed by atoms with Crippen LogP contribution in [0.5, 0.6) is 0 Å². The van der Waals surface area contributed by atoms with E-state index in [1.807, 2.05) is 26.0 Å². The van der Waals surface area contributed by atoms with E-state index in [4.69, 9.17) is 23.4 Å². The van der Waals surface area contributed by atoms with Crippen molar-refractivity contribution in [1.82, 2.24) is 10.6 Å². The topological polar surface area (TPSA) is 149 Å². The fraction of sp³-hybridized carbons (Fsp3) is 0.723. The van der Waals surface area contributed by atoms with Crippen LogP contribution in [0.3, 0.4) is 0 Å². The highest BCUT2D eigenvalue weighted by atomic mass is 16.7. The second-order valence-electron chi connectivity index (χ2n) is 20.1. The predicted molar refractivity (Wildman–Crippen MR) is 212 cm³/mol. The van der Waals surface area contributed by atoms with E-state index >= 15 is 4.79 Å². The van der Waals surface area contributed by atoms with E-state index in [9.17, 15) is 14.7 Å². The normalized spacial score (nSPS) is 43.7. The van der Waals surface area contributed by atoms with Crippen molar-refractivity contribution in [3.05, 3.63) is 59.5 Å². The Morgan fingerprint density at radius 3 is 2.57 bits per heavy atom. The molecule has 6 heterocycles. The molecule has 3 saturated carbocycles. The van der Waals surface area contributed by atoms with Crippen molar-refractivity contribution in [1.29, 1.82) is 0 Å².